The van der Waals surface area contributed by atoms with Gasteiger partial charge in [0, 0.05) is 29.8 Å². The molecule has 0 amide bonds. The van der Waals surface area contributed by atoms with Gasteiger partial charge in [0.05, 0.1) is 16.3 Å². The summed E-state index contributed by atoms with van der Waals surface area (Å²) in [6, 6.07) is 9.22. The molecule has 3 aromatic rings. The number of nitrogens with zero attached hydrogens (tertiary/aromatic N) is 4. The number of nitro groups is 1. The number of rotatable bonds is 2. The first-order valence-corrected chi connectivity index (χ1v) is 5.86. The molecular weight excluding hydrogens is 283 g/mol. The number of hydrogen-bond acceptors (Lipinski definition) is 5. The summed E-state index contributed by atoms with van der Waals surface area (Å²) in [4.78, 5) is 14.5. The second-order valence-corrected chi connectivity index (χ2v) is 4.36. The van der Waals surface area contributed by atoms with E-state index in [0.29, 0.717) is 16.9 Å². The molecule has 0 unspecified atom stereocenters. The summed E-state index contributed by atoms with van der Waals surface area (Å²) in [6.45, 7) is 1.81. The van der Waals surface area contributed by atoms with E-state index < -0.39 is 4.92 Å². The first-order chi connectivity index (χ1) is 9.54. The van der Waals surface area contributed by atoms with Crippen molar-refractivity contribution in [2.45, 2.75) is 6.92 Å². The summed E-state index contributed by atoms with van der Waals surface area (Å²) in [7, 11) is 0. The van der Waals surface area contributed by atoms with Crippen LogP contribution < -0.4 is 0 Å². The summed E-state index contributed by atoms with van der Waals surface area (Å²) in [5, 5.41) is 24.6. The molecule has 0 atom stereocenters. The van der Waals surface area contributed by atoms with Gasteiger partial charge in [0.25, 0.3) is 5.69 Å². The number of aromatic nitrogens is 3. The number of benzene rings is 1. The van der Waals surface area contributed by atoms with Crippen LogP contribution in [0.25, 0.3) is 16.9 Å². The topological polar surface area (TPSA) is 93.6 Å². The number of aromatic hydroxyl groups is 1. The number of aryl methyl sites for hydroxylation is 1. The summed E-state index contributed by atoms with van der Waals surface area (Å²) >= 11 is 0. The van der Waals surface area contributed by atoms with E-state index in [4.69, 9.17) is 0 Å². The minimum absolute atomic E-state index is 0. The third kappa shape index (κ3) is 2.90. The molecule has 1 N–H and O–H groups in total. The van der Waals surface area contributed by atoms with Crippen molar-refractivity contribution in [3.8, 4) is 17.1 Å². The molecule has 102 valence electrons. The average Bonchev–Trinajstić information content (AvgIpc) is 2.80. The monoisotopic (exact) mass is 294 g/mol. The Kier molecular flexibility index (Phi) is 4.26. The van der Waals surface area contributed by atoms with Crippen LogP contribution in [0.2, 0.25) is 0 Å². The van der Waals surface area contributed by atoms with Gasteiger partial charge in [-0.15, -0.1) is 0 Å². The molecule has 2 aromatic heterocycles. The Balaban J connectivity index is 0.00000161. The van der Waals surface area contributed by atoms with E-state index in [-0.39, 0.29) is 41.1 Å². The van der Waals surface area contributed by atoms with Crippen LogP contribution in [-0.4, -0.2) is 54.2 Å². The van der Waals surface area contributed by atoms with Gasteiger partial charge >= 0.3 is 29.6 Å². The van der Waals surface area contributed by atoms with E-state index in [2.05, 4.69) is 10.1 Å². The fraction of sp³-hybridized carbons (Fsp3) is 0.0769. The number of fused-ring (bicyclic) bond motifs is 1. The van der Waals surface area contributed by atoms with Crippen LogP contribution in [0.5, 0.6) is 5.88 Å². The first-order valence-electron chi connectivity index (χ1n) is 5.86. The molecule has 2 heterocycles. The van der Waals surface area contributed by atoms with Crippen molar-refractivity contribution >= 4 is 40.9 Å². The van der Waals surface area contributed by atoms with Gasteiger partial charge < -0.3 is 5.11 Å². The molecule has 7 nitrogen and oxygen atoms in total. The zero-order valence-corrected chi connectivity index (χ0v) is 10.5. The van der Waals surface area contributed by atoms with Crippen LogP contribution in [0.4, 0.5) is 5.69 Å². The molecular formula is C13H11N4NaO3. The number of nitro benzene ring substituents is 1. The Hall–Kier alpha value is -1.96. The van der Waals surface area contributed by atoms with Crippen LogP contribution in [0.1, 0.15) is 5.69 Å². The van der Waals surface area contributed by atoms with Gasteiger partial charge in [0.1, 0.15) is 0 Å². The van der Waals surface area contributed by atoms with Gasteiger partial charge in [-0.3, -0.25) is 10.1 Å². The predicted octanol–water partition coefficient (Wildman–Crippen LogP) is 1.67. The van der Waals surface area contributed by atoms with Crippen LogP contribution in [0.3, 0.4) is 0 Å². The van der Waals surface area contributed by atoms with E-state index >= 15 is 0 Å². The van der Waals surface area contributed by atoms with Crippen molar-refractivity contribution in [3.05, 3.63) is 52.2 Å². The normalized spacial score (nSPS) is 10.3. The number of hydrogen-bond donors (Lipinski definition) is 1. The molecule has 0 aliphatic heterocycles. The van der Waals surface area contributed by atoms with E-state index in [1.54, 1.807) is 25.1 Å². The average molecular weight is 294 g/mol. The quantitative estimate of drug-likeness (QED) is 0.441. The van der Waals surface area contributed by atoms with E-state index in [1.807, 2.05) is 0 Å². The summed E-state index contributed by atoms with van der Waals surface area (Å²) in [5.41, 5.74) is 2.50. The Labute approximate surface area is 141 Å². The van der Waals surface area contributed by atoms with Gasteiger partial charge in [-0.1, -0.05) is 0 Å². The van der Waals surface area contributed by atoms with Crippen molar-refractivity contribution in [2.24, 2.45) is 0 Å². The Bertz CT molecular complexity index is 814. The third-order valence-electron chi connectivity index (χ3n) is 2.90. The Morgan fingerprint density at radius 1 is 1.24 bits per heavy atom. The van der Waals surface area contributed by atoms with Crippen LogP contribution in [-0.2, 0) is 0 Å². The van der Waals surface area contributed by atoms with Crippen LogP contribution in [0.15, 0.2) is 36.4 Å². The predicted molar refractivity (Wildman–Crippen MR) is 78.6 cm³/mol. The Morgan fingerprint density at radius 2 is 1.90 bits per heavy atom. The van der Waals surface area contributed by atoms with Gasteiger partial charge in [0.15, 0.2) is 5.65 Å². The zero-order valence-electron chi connectivity index (χ0n) is 10.5. The SMILES string of the molecule is Cc1cc2nc(-c3ccc([N+](=O)[O-])cc3)cc(O)n2n1.[NaH]. The molecule has 21 heavy (non-hydrogen) atoms. The van der Waals surface area contributed by atoms with Crippen molar-refractivity contribution in [1.82, 2.24) is 14.6 Å². The van der Waals surface area contributed by atoms with Gasteiger partial charge in [0.2, 0.25) is 5.88 Å². The number of non-ortho nitro benzene ring substituents is 1. The molecule has 0 spiro atoms. The maximum absolute atomic E-state index is 10.6. The first kappa shape index (κ1) is 15.4. The van der Waals surface area contributed by atoms with Crippen molar-refractivity contribution < 1.29 is 10.0 Å². The van der Waals surface area contributed by atoms with Crippen molar-refractivity contribution in [2.75, 3.05) is 0 Å². The van der Waals surface area contributed by atoms with E-state index in [1.165, 1.54) is 22.7 Å². The standard InChI is InChI=1S/C13H10N4O3.Na.H/c1-8-6-12-14-11(7-13(18)16(12)15-8)9-2-4-10(5-3-9)17(19)20;;/h2-7,18H,1H3;;. The fourth-order valence-electron chi connectivity index (χ4n) is 1.97. The van der Waals surface area contributed by atoms with Crippen molar-refractivity contribution in [1.29, 1.82) is 0 Å². The second kappa shape index (κ2) is 5.80. The fourth-order valence-corrected chi connectivity index (χ4v) is 1.97. The minimum atomic E-state index is -0.460. The van der Waals surface area contributed by atoms with Crippen LogP contribution >= 0.6 is 0 Å². The third-order valence-corrected chi connectivity index (χ3v) is 2.90. The molecule has 0 aliphatic rings. The maximum atomic E-state index is 10.6. The molecule has 0 saturated carbocycles. The van der Waals surface area contributed by atoms with Gasteiger partial charge in [-0.25, -0.2) is 4.98 Å². The molecule has 0 radical (unpaired) electrons. The molecule has 0 aliphatic carbocycles. The molecule has 3 rings (SSSR count). The van der Waals surface area contributed by atoms with E-state index in [9.17, 15) is 15.2 Å². The molecule has 0 bridgehead atoms. The molecule has 0 fully saturated rings. The van der Waals surface area contributed by atoms with E-state index in [0.717, 1.165) is 5.69 Å². The summed E-state index contributed by atoms with van der Waals surface area (Å²) in [6.07, 6.45) is 0. The summed E-state index contributed by atoms with van der Waals surface area (Å²) < 4.78 is 1.34. The molecule has 8 heteroatoms. The zero-order chi connectivity index (χ0) is 14.3. The summed E-state index contributed by atoms with van der Waals surface area (Å²) in [5.74, 6) is -0.0311. The van der Waals surface area contributed by atoms with Crippen LogP contribution in [0, 0.1) is 17.0 Å². The Morgan fingerprint density at radius 3 is 2.52 bits per heavy atom. The van der Waals surface area contributed by atoms with Gasteiger partial charge in [-0.05, 0) is 19.1 Å². The molecule has 1 aromatic carbocycles. The second-order valence-electron chi connectivity index (χ2n) is 4.36. The molecule has 0 saturated heterocycles. The van der Waals surface area contributed by atoms with Gasteiger partial charge in [-0.2, -0.15) is 9.61 Å². The van der Waals surface area contributed by atoms with Crippen molar-refractivity contribution in [3.63, 3.8) is 0 Å².